The second-order valence-corrected chi connectivity index (χ2v) is 6.90. The minimum atomic E-state index is 0.160. The lowest BCUT2D eigenvalue weighted by Gasteiger charge is -2.22. The monoisotopic (exact) mass is 315 g/mol. The van der Waals surface area contributed by atoms with Crippen LogP contribution in [0, 0.1) is 5.92 Å². The summed E-state index contributed by atoms with van der Waals surface area (Å²) in [4.78, 5) is 14.8. The van der Waals surface area contributed by atoms with Gasteiger partial charge in [0.25, 0.3) is 0 Å². The Balaban J connectivity index is 1.51. The fourth-order valence-corrected chi connectivity index (χ4v) is 3.57. The third kappa shape index (κ3) is 5.05. The van der Waals surface area contributed by atoms with Crippen LogP contribution < -0.4 is 10.6 Å². The molecule has 4 nitrogen and oxygen atoms in total. The summed E-state index contributed by atoms with van der Waals surface area (Å²) < 4.78 is 0. The molecule has 2 heterocycles. The fourth-order valence-electron chi connectivity index (χ4n) is 3.57. The number of carbonyl (C=O) groups is 1. The van der Waals surface area contributed by atoms with E-state index in [1.807, 2.05) is 12.1 Å². The first-order chi connectivity index (χ1) is 11.3. The zero-order chi connectivity index (χ0) is 15.9. The first-order valence-electron chi connectivity index (χ1n) is 9.14. The number of hydrogen-bond donors (Lipinski definition) is 2. The van der Waals surface area contributed by atoms with Gasteiger partial charge in [-0.1, -0.05) is 25.0 Å². The SMILES string of the molecule is O=C(Nc1ccc(CN2CCCCCC2)cc1)C1CCNCC1. The first-order valence-corrected chi connectivity index (χ1v) is 9.14. The molecule has 2 aliphatic rings. The largest absolute Gasteiger partial charge is 0.326 e. The van der Waals surface area contributed by atoms with Crippen LogP contribution in [0.25, 0.3) is 0 Å². The minimum Gasteiger partial charge on any atom is -0.326 e. The Hall–Kier alpha value is -1.39. The lowest BCUT2D eigenvalue weighted by molar-refractivity contribution is -0.120. The van der Waals surface area contributed by atoms with Gasteiger partial charge in [-0.05, 0) is 69.6 Å². The molecule has 0 aliphatic carbocycles. The van der Waals surface area contributed by atoms with Gasteiger partial charge in [0, 0.05) is 18.2 Å². The summed E-state index contributed by atoms with van der Waals surface area (Å²) in [7, 11) is 0. The van der Waals surface area contributed by atoms with Crippen LogP contribution in [0.15, 0.2) is 24.3 Å². The predicted molar refractivity (Wildman–Crippen MR) is 94.4 cm³/mol. The highest BCUT2D eigenvalue weighted by Crippen LogP contribution is 2.18. The highest BCUT2D eigenvalue weighted by molar-refractivity contribution is 5.92. The maximum absolute atomic E-state index is 12.3. The normalized spacial score (nSPS) is 20.9. The van der Waals surface area contributed by atoms with Gasteiger partial charge in [-0.3, -0.25) is 9.69 Å². The molecule has 2 N–H and O–H groups in total. The number of nitrogens with one attached hydrogen (secondary N) is 2. The molecule has 23 heavy (non-hydrogen) atoms. The van der Waals surface area contributed by atoms with E-state index < -0.39 is 0 Å². The number of carbonyl (C=O) groups excluding carboxylic acids is 1. The molecule has 4 heteroatoms. The Kier molecular flexibility index (Phi) is 6.06. The van der Waals surface area contributed by atoms with Crippen molar-refractivity contribution in [1.29, 1.82) is 0 Å². The second kappa shape index (κ2) is 8.46. The van der Waals surface area contributed by atoms with E-state index in [2.05, 4.69) is 27.7 Å². The minimum absolute atomic E-state index is 0.160. The average Bonchev–Trinajstić information content (AvgIpc) is 2.86. The van der Waals surface area contributed by atoms with Crippen molar-refractivity contribution in [2.24, 2.45) is 5.92 Å². The summed E-state index contributed by atoms with van der Waals surface area (Å²) in [5.74, 6) is 0.333. The predicted octanol–water partition coefficient (Wildman–Crippen LogP) is 3.00. The van der Waals surface area contributed by atoms with Crippen molar-refractivity contribution in [2.45, 2.75) is 45.1 Å². The zero-order valence-corrected chi connectivity index (χ0v) is 14.0. The van der Waals surface area contributed by atoms with Gasteiger partial charge >= 0.3 is 0 Å². The Morgan fingerprint density at radius 3 is 2.35 bits per heavy atom. The van der Waals surface area contributed by atoms with Gasteiger partial charge in [0.15, 0.2) is 0 Å². The van der Waals surface area contributed by atoms with Gasteiger partial charge in [0.05, 0.1) is 0 Å². The molecular formula is C19H29N3O. The van der Waals surface area contributed by atoms with Gasteiger partial charge in [-0.15, -0.1) is 0 Å². The standard InChI is InChI=1S/C19H29N3O/c23-19(17-9-11-20-12-10-17)21-18-7-5-16(6-8-18)15-22-13-3-1-2-4-14-22/h5-8,17,20H,1-4,9-15H2,(H,21,23). The van der Waals surface area contributed by atoms with Crippen LogP contribution in [0.1, 0.15) is 44.1 Å². The molecule has 2 saturated heterocycles. The number of rotatable bonds is 4. The molecule has 126 valence electrons. The van der Waals surface area contributed by atoms with Crippen LogP contribution in [-0.4, -0.2) is 37.0 Å². The third-order valence-corrected chi connectivity index (χ3v) is 5.04. The lowest BCUT2D eigenvalue weighted by atomic mass is 9.97. The average molecular weight is 315 g/mol. The van der Waals surface area contributed by atoms with Gasteiger partial charge in [-0.25, -0.2) is 0 Å². The molecule has 0 bridgehead atoms. The highest BCUT2D eigenvalue weighted by atomic mass is 16.1. The van der Waals surface area contributed by atoms with E-state index in [1.165, 1.54) is 44.3 Å². The molecule has 1 aromatic carbocycles. The molecule has 2 aliphatic heterocycles. The Morgan fingerprint density at radius 2 is 1.70 bits per heavy atom. The summed E-state index contributed by atoms with van der Waals surface area (Å²) in [6.07, 6.45) is 7.28. The van der Waals surface area contributed by atoms with Crippen molar-refractivity contribution < 1.29 is 4.79 Å². The van der Waals surface area contributed by atoms with Gasteiger partial charge in [0.1, 0.15) is 0 Å². The van der Waals surface area contributed by atoms with Crippen molar-refractivity contribution in [3.63, 3.8) is 0 Å². The summed E-state index contributed by atoms with van der Waals surface area (Å²) in [5.41, 5.74) is 2.26. The second-order valence-electron chi connectivity index (χ2n) is 6.90. The van der Waals surface area contributed by atoms with E-state index in [-0.39, 0.29) is 11.8 Å². The summed E-state index contributed by atoms with van der Waals surface area (Å²) in [6.45, 7) is 5.37. The molecule has 0 atom stereocenters. The number of likely N-dealkylation sites (tertiary alicyclic amines) is 1. The van der Waals surface area contributed by atoms with Crippen LogP contribution in [0.3, 0.4) is 0 Å². The molecule has 1 amide bonds. The van der Waals surface area contributed by atoms with E-state index in [0.29, 0.717) is 0 Å². The molecule has 0 aromatic heterocycles. The molecule has 0 radical (unpaired) electrons. The Bertz CT molecular complexity index is 486. The van der Waals surface area contributed by atoms with Gasteiger partial charge in [-0.2, -0.15) is 0 Å². The quantitative estimate of drug-likeness (QED) is 0.898. The van der Waals surface area contributed by atoms with E-state index in [0.717, 1.165) is 38.2 Å². The molecule has 0 saturated carbocycles. The number of piperidine rings is 1. The third-order valence-electron chi connectivity index (χ3n) is 5.04. The lowest BCUT2D eigenvalue weighted by Crippen LogP contribution is -2.34. The molecule has 3 rings (SSSR count). The number of amides is 1. The van der Waals surface area contributed by atoms with Crippen molar-refractivity contribution >= 4 is 11.6 Å². The Morgan fingerprint density at radius 1 is 1.04 bits per heavy atom. The summed E-state index contributed by atoms with van der Waals surface area (Å²) >= 11 is 0. The molecular weight excluding hydrogens is 286 g/mol. The van der Waals surface area contributed by atoms with Crippen LogP contribution in [0.4, 0.5) is 5.69 Å². The van der Waals surface area contributed by atoms with E-state index in [4.69, 9.17) is 0 Å². The first kappa shape index (κ1) is 16.5. The molecule has 0 spiro atoms. The van der Waals surface area contributed by atoms with Gasteiger partial charge < -0.3 is 10.6 Å². The number of nitrogens with zero attached hydrogens (tertiary/aromatic N) is 1. The fraction of sp³-hybridized carbons (Fsp3) is 0.632. The topological polar surface area (TPSA) is 44.4 Å². The zero-order valence-electron chi connectivity index (χ0n) is 14.0. The van der Waals surface area contributed by atoms with Crippen molar-refractivity contribution in [1.82, 2.24) is 10.2 Å². The van der Waals surface area contributed by atoms with Crippen LogP contribution in [-0.2, 0) is 11.3 Å². The molecule has 0 unspecified atom stereocenters. The van der Waals surface area contributed by atoms with Gasteiger partial charge in [0.2, 0.25) is 5.91 Å². The maximum Gasteiger partial charge on any atom is 0.227 e. The van der Waals surface area contributed by atoms with Crippen LogP contribution >= 0.6 is 0 Å². The van der Waals surface area contributed by atoms with Crippen molar-refractivity contribution in [3.8, 4) is 0 Å². The summed E-state index contributed by atoms with van der Waals surface area (Å²) in [6, 6.07) is 8.41. The van der Waals surface area contributed by atoms with Crippen LogP contribution in [0.5, 0.6) is 0 Å². The van der Waals surface area contributed by atoms with E-state index >= 15 is 0 Å². The molecule has 1 aromatic rings. The smallest absolute Gasteiger partial charge is 0.227 e. The van der Waals surface area contributed by atoms with Crippen LogP contribution in [0.2, 0.25) is 0 Å². The maximum atomic E-state index is 12.3. The van der Waals surface area contributed by atoms with E-state index in [9.17, 15) is 4.79 Å². The van der Waals surface area contributed by atoms with E-state index in [1.54, 1.807) is 0 Å². The number of benzene rings is 1. The number of anilines is 1. The Labute approximate surface area is 139 Å². The summed E-state index contributed by atoms with van der Waals surface area (Å²) in [5, 5.41) is 6.37. The molecule has 2 fully saturated rings. The van der Waals surface area contributed by atoms with Crippen molar-refractivity contribution in [3.05, 3.63) is 29.8 Å². The van der Waals surface area contributed by atoms with Crippen molar-refractivity contribution in [2.75, 3.05) is 31.5 Å². The number of hydrogen-bond acceptors (Lipinski definition) is 3. The highest BCUT2D eigenvalue weighted by Gasteiger charge is 2.20.